The van der Waals surface area contributed by atoms with Gasteiger partial charge in [-0.1, -0.05) is 57.9 Å². The Kier molecular flexibility index (Phi) is 4.20. The minimum absolute atomic E-state index is 0.0632. The Balaban J connectivity index is 2.24. The average molecular weight is 324 g/mol. The van der Waals surface area contributed by atoms with Gasteiger partial charge in [0.2, 0.25) is 0 Å². The molecule has 0 fully saturated rings. The van der Waals surface area contributed by atoms with Gasteiger partial charge in [-0.05, 0) is 30.2 Å². The zero-order chi connectivity index (χ0) is 13.1. The van der Waals surface area contributed by atoms with Gasteiger partial charge in [-0.15, -0.1) is 0 Å². The maximum Gasteiger partial charge on any atom is 0.168 e. The highest BCUT2D eigenvalue weighted by molar-refractivity contribution is 9.10. The predicted octanol–water partition coefficient (Wildman–Crippen LogP) is 4.84. The number of carbonyl (C=O) groups is 1. The molecule has 18 heavy (non-hydrogen) atoms. The first-order valence-electron chi connectivity index (χ1n) is 5.60. The molecule has 0 saturated carbocycles. The van der Waals surface area contributed by atoms with Crippen molar-refractivity contribution in [2.24, 2.45) is 0 Å². The molecule has 0 spiro atoms. The fourth-order valence-electron chi connectivity index (χ4n) is 1.75. The third-order valence-electron chi connectivity index (χ3n) is 2.73. The van der Waals surface area contributed by atoms with Gasteiger partial charge in [0.05, 0.1) is 0 Å². The zero-order valence-electron chi connectivity index (χ0n) is 9.91. The van der Waals surface area contributed by atoms with Crippen molar-refractivity contribution < 1.29 is 4.79 Å². The first-order valence-corrected chi connectivity index (χ1v) is 6.78. The highest BCUT2D eigenvalue weighted by Gasteiger charge is 2.12. The standard InChI is InChI=1S/C15H12BrClO/c1-10-6-7-11(14(17)8-10)9-15(18)12-4-2-3-5-13(12)16/h2-8H,9H2,1H3. The summed E-state index contributed by atoms with van der Waals surface area (Å²) in [6, 6.07) is 13.2. The summed E-state index contributed by atoms with van der Waals surface area (Å²) in [5, 5.41) is 0.649. The second-order valence-electron chi connectivity index (χ2n) is 4.17. The van der Waals surface area contributed by atoms with Crippen molar-refractivity contribution in [2.45, 2.75) is 13.3 Å². The van der Waals surface area contributed by atoms with Crippen LogP contribution in [0.5, 0.6) is 0 Å². The Bertz CT molecular complexity index is 593. The van der Waals surface area contributed by atoms with Gasteiger partial charge >= 0.3 is 0 Å². The number of hydrogen-bond donors (Lipinski definition) is 0. The van der Waals surface area contributed by atoms with Crippen molar-refractivity contribution in [3.63, 3.8) is 0 Å². The lowest BCUT2D eigenvalue weighted by molar-refractivity contribution is 0.0992. The first kappa shape index (κ1) is 13.3. The summed E-state index contributed by atoms with van der Waals surface area (Å²) >= 11 is 9.52. The van der Waals surface area contributed by atoms with Crippen molar-refractivity contribution in [1.82, 2.24) is 0 Å². The largest absolute Gasteiger partial charge is 0.294 e. The Morgan fingerprint density at radius 3 is 2.61 bits per heavy atom. The molecule has 2 aromatic carbocycles. The van der Waals surface area contributed by atoms with Gasteiger partial charge in [0.25, 0.3) is 0 Å². The topological polar surface area (TPSA) is 17.1 Å². The highest BCUT2D eigenvalue weighted by atomic mass is 79.9. The molecule has 0 amide bonds. The van der Waals surface area contributed by atoms with Crippen LogP contribution < -0.4 is 0 Å². The molecule has 0 saturated heterocycles. The molecule has 0 atom stereocenters. The van der Waals surface area contributed by atoms with Crippen LogP contribution in [0.4, 0.5) is 0 Å². The van der Waals surface area contributed by atoms with Gasteiger partial charge < -0.3 is 0 Å². The summed E-state index contributed by atoms with van der Waals surface area (Å²) in [6.45, 7) is 1.98. The minimum atomic E-state index is 0.0632. The molecule has 0 aromatic heterocycles. The van der Waals surface area contributed by atoms with E-state index in [1.165, 1.54) is 0 Å². The number of aryl methyl sites for hydroxylation is 1. The van der Waals surface area contributed by atoms with Crippen molar-refractivity contribution in [1.29, 1.82) is 0 Å². The fourth-order valence-corrected chi connectivity index (χ4v) is 2.56. The zero-order valence-corrected chi connectivity index (χ0v) is 12.3. The molecule has 0 N–H and O–H groups in total. The summed E-state index contributed by atoms with van der Waals surface area (Å²) in [6.07, 6.45) is 0.321. The lowest BCUT2D eigenvalue weighted by Crippen LogP contribution is -2.04. The van der Waals surface area contributed by atoms with Gasteiger partial charge in [-0.2, -0.15) is 0 Å². The Morgan fingerprint density at radius 2 is 1.94 bits per heavy atom. The summed E-state index contributed by atoms with van der Waals surface area (Å²) in [5.41, 5.74) is 2.65. The first-order chi connectivity index (χ1) is 8.58. The highest BCUT2D eigenvalue weighted by Crippen LogP contribution is 2.22. The number of hydrogen-bond acceptors (Lipinski definition) is 1. The number of carbonyl (C=O) groups excluding carboxylic acids is 1. The number of ketones is 1. The molecule has 0 aliphatic heterocycles. The Morgan fingerprint density at radius 1 is 1.22 bits per heavy atom. The van der Waals surface area contributed by atoms with E-state index in [0.717, 1.165) is 15.6 Å². The van der Waals surface area contributed by atoms with E-state index < -0.39 is 0 Å². The molecular weight excluding hydrogens is 312 g/mol. The van der Waals surface area contributed by atoms with Crippen LogP contribution in [0, 0.1) is 6.92 Å². The van der Waals surface area contributed by atoms with Gasteiger partial charge in [0, 0.05) is 21.5 Å². The lowest BCUT2D eigenvalue weighted by Gasteiger charge is -2.06. The summed E-state index contributed by atoms with van der Waals surface area (Å²) in [4.78, 5) is 12.2. The molecule has 0 heterocycles. The van der Waals surface area contributed by atoms with Crippen molar-refractivity contribution in [2.75, 3.05) is 0 Å². The van der Waals surface area contributed by atoms with Crippen molar-refractivity contribution in [3.8, 4) is 0 Å². The van der Waals surface area contributed by atoms with E-state index >= 15 is 0 Å². The van der Waals surface area contributed by atoms with E-state index in [9.17, 15) is 4.79 Å². The van der Waals surface area contributed by atoms with E-state index in [0.29, 0.717) is 17.0 Å². The molecule has 0 radical (unpaired) electrons. The molecule has 1 nitrogen and oxygen atoms in total. The Labute approximate surface area is 120 Å². The van der Waals surface area contributed by atoms with Crippen LogP contribution in [0.2, 0.25) is 5.02 Å². The van der Waals surface area contributed by atoms with Crippen LogP contribution in [0.1, 0.15) is 21.5 Å². The molecule has 2 rings (SSSR count). The normalized spacial score (nSPS) is 10.4. The lowest BCUT2D eigenvalue weighted by atomic mass is 10.0. The number of benzene rings is 2. The second kappa shape index (κ2) is 5.68. The maximum atomic E-state index is 12.2. The van der Waals surface area contributed by atoms with E-state index in [1.54, 1.807) is 0 Å². The van der Waals surface area contributed by atoms with Crippen molar-refractivity contribution >= 4 is 33.3 Å². The summed E-state index contributed by atoms with van der Waals surface area (Å²) in [5.74, 6) is 0.0632. The number of halogens is 2. The molecule has 0 aliphatic carbocycles. The SMILES string of the molecule is Cc1ccc(CC(=O)c2ccccc2Br)c(Cl)c1. The predicted molar refractivity (Wildman–Crippen MR) is 78.4 cm³/mol. The Hall–Kier alpha value is -1.12. The van der Waals surface area contributed by atoms with E-state index in [2.05, 4.69) is 15.9 Å². The van der Waals surface area contributed by atoms with E-state index in [-0.39, 0.29) is 5.78 Å². The maximum absolute atomic E-state index is 12.2. The van der Waals surface area contributed by atoms with Crippen LogP contribution >= 0.6 is 27.5 Å². The van der Waals surface area contributed by atoms with Crippen LogP contribution in [-0.2, 0) is 6.42 Å². The quantitative estimate of drug-likeness (QED) is 0.739. The third-order valence-corrected chi connectivity index (χ3v) is 3.78. The minimum Gasteiger partial charge on any atom is -0.294 e. The van der Waals surface area contributed by atoms with E-state index in [4.69, 9.17) is 11.6 Å². The monoisotopic (exact) mass is 322 g/mol. The van der Waals surface area contributed by atoms with Gasteiger partial charge in [0.15, 0.2) is 5.78 Å². The average Bonchev–Trinajstić information content (AvgIpc) is 2.33. The molecule has 0 unspecified atom stereocenters. The molecule has 2 aromatic rings. The molecule has 0 aliphatic rings. The summed E-state index contributed by atoms with van der Waals surface area (Å²) < 4.78 is 0.818. The van der Waals surface area contributed by atoms with Gasteiger partial charge in [-0.3, -0.25) is 4.79 Å². The van der Waals surface area contributed by atoms with Crippen LogP contribution in [-0.4, -0.2) is 5.78 Å². The van der Waals surface area contributed by atoms with Crippen molar-refractivity contribution in [3.05, 3.63) is 68.7 Å². The van der Waals surface area contributed by atoms with Gasteiger partial charge in [0.1, 0.15) is 0 Å². The van der Waals surface area contributed by atoms with Crippen LogP contribution in [0.3, 0.4) is 0 Å². The second-order valence-corrected chi connectivity index (χ2v) is 5.44. The van der Waals surface area contributed by atoms with Gasteiger partial charge in [-0.25, -0.2) is 0 Å². The fraction of sp³-hybridized carbons (Fsp3) is 0.133. The molecule has 3 heteroatoms. The molecule has 92 valence electrons. The third kappa shape index (κ3) is 3.01. The smallest absolute Gasteiger partial charge is 0.168 e. The number of Topliss-reactive ketones (excluding diaryl/α,β-unsaturated/α-hetero) is 1. The summed E-state index contributed by atoms with van der Waals surface area (Å²) in [7, 11) is 0. The van der Waals surface area contributed by atoms with Crippen LogP contribution in [0.25, 0.3) is 0 Å². The molecule has 0 bridgehead atoms. The molecular formula is C15H12BrClO. The van der Waals surface area contributed by atoms with Crippen LogP contribution in [0.15, 0.2) is 46.9 Å². The van der Waals surface area contributed by atoms with E-state index in [1.807, 2.05) is 49.4 Å². The number of rotatable bonds is 3.